The van der Waals surface area contributed by atoms with Crippen molar-refractivity contribution in [3.8, 4) is 0 Å². The summed E-state index contributed by atoms with van der Waals surface area (Å²) >= 11 is 0. The molecule has 0 aromatic heterocycles. The third kappa shape index (κ3) is 9.11. The molecule has 132 valence electrons. The summed E-state index contributed by atoms with van der Waals surface area (Å²) in [5, 5.41) is 6.40. The van der Waals surface area contributed by atoms with Crippen molar-refractivity contribution in [2.75, 3.05) is 39.6 Å². The molecule has 0 spiro atoms. The Morgan fingerprint density at radius 3 is 2.39 bits per heavy atom. The van der Waals surface area contributed by atoms with E-state index in [1.807, 2.05) is 19.1 Å². The molecule has 8 heteroatoms. The minimum Gasteiger partial charge on any atom is -0.383 e. The van der Waals surface area contributed by atoms with Gasteiger partial charge in [-0.15, -0.1) is 24.0 Å². The van der Waals surface area contributed by atoms with Gasteiger partial charge in [0.1, 0.15) is 0 Å². The molecule has 0 unspecified atom stereocenters. The number of hydrogen-bond acceptors (Lipinski definition) is 4. The lowest BCUT2D eigenvalue weighted by Crippen LogP contribution is -2.38. The molecule has 0 bridgehead atoms. The van der Waals surface area contributed by atoms with Crippen LogP contribution in [0.25, 0.3) is 0 Å². The van der Waals surface area contributed by atoms with E-state index in [9.17, 15) is 8.42 Å². The van der Waals surface area contributed by atoms with Crippen LogP contribution in [0.5, 0.6) is 0 Å². The van der Waals surface area contributed by atoms with E-state index in [1.54, 1.807) is 19.2 Å². The first-order valence-electron chi connectivity index (χ1n) is 7.27. The van der Waals surface area contributed by atoms with E-state index in [0.29, 0.717) is 18.0 Å². The molecule has 0 radical (unpaired) electrons. The zero-order chi connectivity index (χ0) is 16.4. The number of ether oxygens (including phenoxy) is 1. The molecule has 0 saturated heterocycles. The Morgan fingerprint density at radius 1 is 1.22 bits per heavy atom. The summed E-state index contributed by atoms with van der Waals surface area (Å²) in [4.78, 5) is 4.72. The maximum Gasteiger partial charge on any atom is 0.191 e. The van der Waals surface area contributed by atoms with E-state index in [4.69, 9.17) is 4.74 Å². The predicted molar refractivity (Wildman–Crippen MR) is 105 cm³/mol. The van der Waals surface area contributed by atoms with Gasteiger partial charge in [-0.25, -0.2) is 8.42 Å². The summed E-state index contributed by atoms with van der Waals surface area (Å²) in [5.74, 6) is 0.757. The van der Waals surface area contributed by atoms with Crippen molar-refractivity contribution in [3.63, 3.8) is 0 Å². The Labute approximate surface area is 156 Å². The van der Waals surface area contributed by atoms with Crippen molar-refractivity contribution in [3.05, 3.63) is 29.8 Å². The van der Waals surface area contributed by atoms with Crippen LogP contribution in [0.1, 0.15) is 12.5 Å². The quantitative estimate of drug-likeness (QED) is 0.269. The van der Waals surface area contributed by atoms with Crippen molar-refractivity contribution < 1.29 is 13.2 Å². The molecule has 0 fully saturated rings. The van der Waals surface area contributed by atoms with E-state index < -0.39 is 9.84 Å². The van der Waals surface area contributed by atoms with Gasteiger partial charge in [0.2, 0.25) is 0 Å². The van der Waals surface area contributed by atoms with Gasteiger partial charge in [-0.3, -0.25) is 4.99 Å². The highest BCUT2D eigenvalue weighted by atomic mass is 127. The number of hydrogen-bond donors (Lipinski definition) is 2. The van der Waals surface area contributed by atoms with Gasteiger partial charge in [0.15, 0.2) is 15.8 Å². The summed E-state index contributed by atoms with van der Waals surface area (Å²) in [6.07, 6.45) is 2.00. The topological polar surface area (TPSA) is 79.8 Å². The summed E-state index contributed by atoms with van der Waals surface area (Å²) < 4.78 is 27.8. The van der Waals surface area contributed by atoms with Gasteiger partial charge >= 0.3 is 0 Å². The van der Waals surface area contributed by atoms with Crippen LogP contribution in [-0.2, 0) is 21.0 Å². The Balaban J connectivity index is 0.00000484. The van der Waals surface area contributed by atoms with Crippen LogP contribution in [0.4, 0.5) is 0 Å². The van der Waals surface area contributed by atoms with Crippen LogP contribution >= 0.6 is 24.0 Å². The lowest BCUT2D eigenvalue weighted by atomic mass is 10.1. The first-order chi connectivity index (χ1) is 10.5. The molecular weight excluding hydrogens is 429 g/mol. The Hall–Kier alpha value is -0.870. The second-order valence-corrected chi connectivity index (χ2v) is 6.86. The summed E-state index contributed by atoms with van der Waals surface area (Å²) in [7, 11) is -1.48. The van der Waals surface area contributed by atoms with E-state index in [0.717, 1.165) is 31.0 Å². The van der Waals surface area contributed by atoms with Gasteiger partial charge in [0.25, 0.3) is 0 Å². The highest BCUT2D eigenvalue weighted by molar-refractivity contribution is 14.0. The fraction of sp³-hybridized carbons (Fsp3) is 0.533. The van der Waals surface area contributed by atoms with Gasteiger partial charge in [-0.05, 0) is 31.0 Å². The minimum absolute atomic E-state index is 0. The normalized spacial score (nSPS) is 11.7. The van der Waals surface area contributed by atoms with Crippen LogP contribution in [0.3, 0.4) is 0 Å². The maximum atomic E-state index is 11.4. The monoisotopic (exact) mass is 455 g/mol. The average Bonchev–Trinajstić information content (AvgIpc) is 2.47. The zero-order valence-corrected chi connectivity index (χ0v) is 17.0. The standard InChI is InChI=1S/C15H25N3O3S.HI/c1-4-16-15(18-11-12-21-2)17-10-9-13-5-7-14(8-6-13)22(3,19)20;/h5-8H,4,9-12H2,1-3H3,(H2,16,17,18);1H. The molecule has 1 rings (SSSR count). The molecule has 0 aliphatic heterocycles. The van der Waals surface area contributed by atoms with Crippen LogP contribution in [0, 0.1) is 0 Å². The third-order valence-corrected chi connectivity index (χ3v) is 4.10. The molecule has 0 saturated carbocycles. The van der Waals surface area contributed by atoms with Crippen molar-refractivity contribution >= 4 is 39.8 Å². The highest BCUT2D eigenvalue weighted by Crippen LogP contribution is 2.10. The molecular formula is C15H26IN3O3S. The van der Waals surface area contributed by atoms with Gasteiger partial charge in [0, 0.05) is 26.5 Å². The van der Waals surface area contributed by atoms with Crippen LogP contribution in [-0.4, -0.2) is 54.0 Å². The van der Waals surface area contributed by atoms with Crippen LogP contribution in [0.15, 0.2) is 34.2 Å². The molecule has 1 aromatic rings. The molecule has 0 aliphatic carbocycles. The minimum atomic E-state index is -3.13. The predicted octanol–water partition coefficient (Wildman–Crippen LogP) is 1.45. The second-order valence-electron chi connectivity index (χ2n) is 4.85. The first kappa shape index (κ1) is 22.1. The molecule has 6 nitrogen and oxygen atoms in total. The maximum absolute atomic E-state index is 11.4. The van der Waals surface area contributed by atoms with E-state index in [-0.39, 0.29) is 24.0 Å². The largest absolute Gasteiger partial charge is 0.383 e. The van der Waals surface area contributed by atoms with E-state index >= 15 is 0 Å². The number of halogens is 1. The number of rotatable bonds is 8. The Bertz CT molecular complexity index is 574. The Kier molecular flexibility index (Phi) is 11.2. The van der Waals surface area contributed by atoms with Crippen molar-refractivity contribution in [1.29, 1.82) is 0 Å². The lowest BCUT2D eigenvalue weighted by molar-refractivity contribution is 0.208. The van der Waals surface area contributed by atoms with E-state index in [2.05, 4.69) is 15.6 Å². The van der Waals surface area contributed by atoms with Crippen molar-refractivity contribution in [2.24, 2.45) is 4.99 Å². The number of aliphatic imine (C=N–C) groups is 1. The molecule has 0 amide bonds. The van der Waals surface area contributed by atoms with Gasteiger partial charge in [-0.1, -0.05) is 12.1 Å². The molecule has 0 aliphatic rings. The molecule has 1 aromatic carbocycles. The van der Waals surface area contributed by atoms with Gasteiger partial charge in [0.05, 0.1) is 18.0 Å². The SMILES string of the molecule is CCNC(=NCCOC)NCCc1ccc(S(C)(=O)=O)cc1.I. The van der Waals surface area contributed by atoms with Crippen LogP contribution in [0.2, 0.25) is 0 Å². The molecule has 0 heterocycles. The number of sulfone groups is 1. The summed E-state index contributed by atoms with van der Waals surface area (Å²) in [6.45, 7) is 4.72. The molecule has 23 heavy (non-hydrogen) atoms. The van der Waals surface area contributed by atoms with Gasteiger partial charge < -0.3 is 15.4 Å². The number of benzene rings is 1. The zero-order valence-electron chi connectivity index (χ0n) is 13.8. The average molecular weight is 455 g/mol. The fourth-order valence-corrected chi connectivity index (χ4v) is 2.45. The van der Waals surface area contributed by atoms with Crippen LogP contribution < -0.4 is 10.6 Å². The summed E-state index contributed by atoms with van der Waals surface area (Å²) in [5.41, 5.74) is 1.08. The summed E-state index contributed by atoms with van der Waals surface area (Å²) in [6, 6.07) is 6.96. The number of nitrogens with zero attached hydrogens (tertiary/aromatic N) is 1. The highest BCUT2D eigenvalue weighted by Gasteiger charge is 2.06. The second kappa shape index (κ2) is 11.6. The van der Waals surface area contributed by atoms with Crippen molar-refractivity contribution in [2.45, 2.75) is 18.2 Å². The Morgan fingerprint density at radius 2 is 1.87 bits per heavy atom. The number of guanidine groups is 1. The van der Waals surface area contributed by atoms with Gasteiger partial charge in [-0.2, -0.15) is 0 Å². The first-order valence-corrected chi connectivity index (χ1v) is 9.16. The fourth-order valence-electron chi connectivity index (χ4n) is 1.82. The molecule has 2 N–H and O–H groups in total. The smallest absolute Gasteiger partial charge is 0.191 e. The molecule has 0 atom stereocenters. The lowest BCUT2D eigenvalue weighted by Gasteiger charge is -2.11. The van der Waals surface area contributed by atoms with Crippen molar-refractivity contribution in [1.82, 2.24) is 10.6 Å². The van der Waals surface area contributed by atoms with E-state index in [1.165, 1.54) is 6.26 Å². The third-order valence-electron chi connectivity index (χ3n) is 2.97. The number of nitrogens with one attached hydrogen (secondary N) is 2. The number of methoxy groups -OCH3 is 1.